The highest BCUT2D eigenvalue weighted by molar-refractivity contribution is 5.66. The summed E-state index contributed by atoms with van der Waals surface area (Å²) in [7, 11) is 0. The van der Waals surface area contributed by atoms with Gasteiger partial charge in [-0.25, -0.2) is 4.79 Å². The lowest BCUT2D eigenvalue weighted by Gasteiger charge is -2.36. The summed E-state index contributed by atoms with van der Waals surface area (Å²) in [6.45, 7) is 11.6. The lowest BCUT2D eigenvalue weighted by atomic mass is 9.98. The first-order chi connectivity index (χ1) is 10.2. The van der Waals surface area contributed by atoms with E-state index in [4.69, 9.17) is 4.42 Å². The van der Waals surface area contributed by atoms with Crippen molar-refractivity contribution in [3.05, 3.63) is 11.8 Å². The topological polar surface area (TPSA) is 79.5 Å². The second kappa shape index (κ2) is 7.61. The third-order valence-corrected chi connectivity index (χ3v) is 3.75. The number of rotatable bonds is 7. The third kappa shape index (κ3) is 4.45. The molecule has 0 aromatic carbocycles. The maximum absolute atomic E-state index is 11.5. The molecule has 6 heteroatoms. The Labute approximate surface area is 132 Å². The highest BCUT2D eigenvalue weighted by Gasteiger charge is 2.34. The van der Waals surface area contributed by atoms with Gasteiger partial charge in [-0.3, -0.25) is 4.90 Å². The highest BCUT2D eigenvalue weighted by atomic mass is 16.4. The van der Waals surface area contributed by atoms with Gasteiger partial charge in [-0.2, -0.15) is 0 Å². The Bertz CT molecular complexity index is 473. The van der Waals surface area contributed by atoms with Crippen molar-refractivity contribution in [2.24, 2.45) is 0 Å². The first-order valence-corrected chi connectivity index (χ1v) is 8.07. The molecule has 0 spiro atoms. The maximum atomic E-state index is 11.5. The minimum atomic E-state index is -0.988. The number of amides is 1. The molecular formula is C16H29N3O3. The molecule has 126 valence electrons. The molecule has 1 heterocycles. The van der Waals surface area contributed by atoms with E-state index in [1.807, 2.05) is 20.8 Å². The minimum absolute atomic E-state index is 0.261. The van der Waals surface area contributed by atoms with E-state index in [9.17, 15) is 9.90 Å². The molecule has 0 aliphatic carbocycles. The molecule has 0 bridgehead atoms. The van der Waals surface area contributed by atoms with E-state index in [-0.39, 0.29) is 5.92 Å². The molecule has 0 fully saturated rings. The van der Waals surface area contributed by atoms with Gasteiger partial charge in [-0.15, -0.1) is 10.2 Å². The zero-order chi connectivity index (χ0) is 16.9. The molecule has 1 N–H and O–H groups in total. The maximum Gasteiger partial charge on any atom is 0.408 e. The van der Waals surface area contributed by atoms with Crippen LogP contribution in [0, 0.1) is 0 Å². The predicted molar refractivity (Wildman–Crippen MR) is 84.9 cm³/mol. The Morgan fingerprint density at radius 1 is 1.18 bits per heavy atom. The fraction of sp³-hybridized carbons (Fsp3) is 0.812. The SMILES string of the molecule is CCCC(CCC)c1nnc([C@H](C)N(C(=O)O)C(C)(C)C)o1. The van der Waals surface area contributed by atoms with Crippen LogP contribution in [0.2, 0.25) is 0 Å². The van der Waals surface area contributed by atoms with Gasteiger partial charge in [0.2, 0.25) is 11.8 Å². The van der Waals surface area contributed by atoms with Gasteiger partial charge in [0.05, 0.1) is 0 Å². The van der Waals surface area contributed by atoms with E-state index >= 15 is 0 Å². The van der Waals surface area contributed by atoms with E-state index in [0.717, 1.165) is 25.7 Å². The van der Waals surface area contributed by atoms with Crippen LogP contribution in [0.5, 0.6) is 0 Å². The van der Waals surface area contributed by atoms with Crippen molar-refractivity contribution >= 4 is 6.09 Å². The molecule has 1 aromatic heterocycles. The lowest BCUT2D eigenvalue weighted by molar-refractivity contribution is 0.0659. The monoisotopic (exact) mass is 311 g/mol. The molecule has 0 aliphatic rings. The number of carboxylic acid groups (broad SMARTS) is 1. The molecule has 1 aromatic rings. The van der Waals surface area contributed by atoms with Crippen LogP contribution < -0.4 is 0 Å². The van der Waals surface area contributed by atoms with Crippen LogP contribution in [0.15, 0.2) is 4.42 Å². The van der Waals surface area contributed by atoms with Crippen molar-refractivity contribution in [1.29, 1.82) is 0 Å². The molecule has 0 radical (unpaired) electrons. The Morgan fingerprint density at radius 3 is 2.09 bits per heavy atom. The molecular weight excluding hydrogens is 282 g/mol. The van der Waals surface area contributed by atoms with Gasteiger partial charge >= 0.3 is 6.09 Å². The van der Waals surface area contributed by atoms with Crippen molar-refractivity contribution in [3.63, 3.8) is 0 Å². The summed E-state index contributed by atoms with van der Waals surface area (Å²) < 4.78 is 5.81. The highest BCUT2D eigenvalue weighted by Crippen LogP contribution is 2.30. The molecule has 6 nitrogen and oxygen atoms in total. The molecule has 1 rings (SSSR count). The van der Waals surface area contributed by atoms with Gasteiger partial charge in [0, 0.05) is 11.5 Å². The van der Waals surface area contributed by atoms with Gasteiger partial charge in [0.1, 0.15) is 6.04 Å². The number of nitrogens with zero attached hydrogens (tertiary/aromatic N) is 3. The Kier molecular flexibility index (Phi) is 6.38. The molecule has 22 heavy (non-hydrogen) atoms. The zero-order valence-electron chi connectivity index (χ0n) is 14.6. The molecule has 0 saturated heterocycles. The van der Waals surface area contributed by atoms with Crippen LogP contribution in [-0.2, 0) is 0 Å². The number of hydrogen-bond acceptors (Lipinski definition) is 4. The summed E-state index contributed by atoms with van der Waals surface area (Å²) in [5.74, 6) is 1.26. The summed E-state index contributed by atoms with van der Waals surface area (Å²) in [6, 6.07) is -0.470. The first kappa shape index (κ1) is 18.5. The molecule has 0 aliphatic heterocycles. The summed E-state index contributed by atoms with van der Waals surface area (Å²) in [5, 5.41) is 17.7. The van der Waals surface area contributed by atoms with Crippen molar-refractivity contribution in [3.8, 4) is 0 Å². The quantitative estimate of drug-likeness (QED) is 0.796. The van der Waals surface area contributed by atoms with Gasteiger partial charge in [-0.1, -0.05) is 26.7 Å². The summed E-state index contributed by atoms with van der Waals surface area (Å²) in [6.07, 6.45) is 3.14. The molecule has 0 unspecified atom stereocenters. The van der Waals surface area contributed by atoms with Crippen LogP contribution in [-0.4, -0.2) is 31.8 Å². The Balaban J connectivity index is 3.00. The normalized spacial score (nSPS) is 13.4. The van der Waals surface area contributed by atoms with E-state index in [1.165, 1.54) is 4.90 Å². The fourth-order valence-electron chi connectivity index (χ4n) is 2.81. The van der Waals surface area contributed by atoms with E-state index < -0.39 is 17.7 Å². The van der Waals surface area contributed by atoms with Gasteiger partial charge in [0.15, 0.2) is 0 Å². The minimum Gasteiger partial charge on any atom is -0.465 e. The predicted octanol–water partition coefficient (Wildman–Crippen LogP) is 4.59. The largest absolute Gasteiger partial charge is 0.465 e. The first-order valence-electron chi connectivity index (χ1n) is 8.07. The lowest BCUT2D eigenvalue weighted by Crippen LogP contribution is -2.46. The van der Waals surface area contributed by atoms with Crippen LogP contribution in [0.3, 0.4) is 0 Å². The standard InChI is InChI=1S/C16H29N3O3/c1-7-9-12(10-8-2)14-18-17-13(22-14)11(3)19(15(20)21)16(4,5)6/h11-12H,7-10H2,1-6H3,(H,20,21)/t11-/m0/s1. The van der Waals surface area contributed by atoms with E-state index in [1.54, 1.807) is 6.92 Å². The van der Waals surface area contributed by atoms with Crippen LogP contribution in [0.4, 0.5) is 4.79 Å². The number of aromatic nitrogens is 2. The Hall–Kier alpha value is -1.59. The molecule has 1 atom stereocenters. The fourth-order valence-corrected chi connectivity index (χ4v) is 2.81. The summed E-state index contributed by atoms with van der Waals surface area (Å²) in [4.78, 5) is 12.9. The van der Waals surface area contributed by atoms with E-state index in [0.29, 0.717) is 11.8 Å². The molecule has 0 saturated carbocycles. The third-order valence-electron chi connectivity index (χ3n) is 3.75. The second-order valence-electron chi connectivity index (χ2n) is 6.75. The summed E-state index contributed by atoms with van der Waals surface area (Å²) >= 11 is 0. The summed E-state index contributed by atoms with van der Waals surface area (Å²) in [5.41, 5.74) is -0.536. The van der Waals surface area contributed by atoms with E-state index in [2.05, 4.69) is 24.0 Å². The zero-order valence-corrected chi connectivity index (χ0v) is 14.6. The van der Waals surface area contributed by atoms with Gasteiger partial charge in [-0.05, 0) is 40.5 Å². The smallest absolute Gasteiger partial charge is 0.408 e. The average molecular weight is 311 g/mol. The average Bonchev–Trinajstić information content (AvgIpc) is 2.85. The van der Waals surface area contributed by atoms with Crippen molar-refractivity contribution in [1.82, 2.24) is 15.1 Å². The van der Waals surface area contributed by atoms with Gasteiger partial charge in [0.25, 0.3) is 0 Å². The van der Waals surface area contributed by atoms with Crippen LogP contribution in [0.1, 0.15) is 91.0 Å². The van der Waals surface area contributed by atoms with Crippen LogP contribution in [0.25, 0.3) is 0 Å². The van der Waals surface area contributed by atoms with Crippen molar-refractivity contribution in [2.75, 3.05) is 0 Å². The second-order valence-corrected chi connectivity index (χ2v) is 6.75. The molecule has 1 amide bonds. The van der Waals surface area contributed by atoms with Crippen molar-refractivity contribution in [2.45, 2.75) is 84.7 Å². The number of carbonyl (C=O) groups is 1. The number of hydrogen-bond donors (Lipinski definition) is 1. The van der Waals surface area contributed by atoms with Gasteiger partial charge < -0.3 is 9.52 Å². The van der Waals surface area contributed by atoms with Crippen LogP contribution >= 0.6 is 0 Å². The Morgan fingerprint density at radius 2 is 1.68 bits per heavy atom. The van der Waals surface area contributed by atoms with Crippen molar-refractivity contribution < 1.29 is 14.3 Å².